The second kappa shape index (κ2) is 9.07. The van der Waals surface area contributed by atoms with E-state index >= 15 is 0 Å². The van der Waals surface area contributed by atoms with Crippen molar-refractivity contribution in [3.8, 4) is 11.4 Å². The number of halogens is 1. The van der Waals surface area contributed by atoms with Crippen molar-refractivity contribution < 1.29 is 13.9 Å². The Labute approximate surface area is 167 Å². The molecule has 0 saturated carbocycles. The average Bonchev–Trinajstić information content (AvgIpc) is 3.16. The summed E-state index contributed by atoms with van der Waals surface area (Å²) >= 11 is 1.54. The molecule has 0 atom stereocenters. The molecule has 3 aromatic rings. The molecule has 0 amide bonds. The Bertz CT molecular complexity index is 900. The van der Waals surface area contributed by atoms with Gasteiger partial charge in [-0.1, -0.05) is 36.0 Å². The van der Waals surface area contributed by atoms with E-state index in [4.69, 9.17) is 9.47 Å². The standard InChI is InChI=1S/C20H21FN4O2S/c21-16-5-4-6-17(15-16)25-19(24-9-11-26-12-10-24)22-23-20(25)28-14-13-27-18-7-2-1-3-8-18/h1-8,15H,9-14H2. The highest BCUT2D eigenvalue weighted by Crippen LogP contribution is 2.27. The molecule has 0 radical (unpaired) electrons. The molecule has 2 heterocycles. The molecule has 1 aromatic heterocycles. The lowest BCUT2D eigenvalue weighted by molar-refractivity contribution is 0.122. The van der Waals surface area contributed by atoms with E-state index in [0.717, 1.165) is 18.8 Å². The number of aromatic nitrogens is 3. The molecule has 1 fully saturated rings. The van der Waals surface area contributed by atoms with Crippen LogP contribution in [-0.2, 0) is 4.74 Å². The van der Waals surface area contributed by atoms with E-state index in [-0.39, 0.29) is 5.82 Å². The third-order valence-electron chi connectivity index (χ3n) is 4.30. The van der Waals surface area contributed by atoms with Crippen LogP contribution in [0.3, 0.4) is 0 Å². The molecule has 0 bridgehead atoms. The van der Waals surface area contributed by atoms with E-state index in [9.17, 15) is 4.39 Å². The molecule has 0 unspecified atom stereocenters. The lowest BCUT2D eigenvalue weighted by Crippen LogP contribution is -2.37. The van der Waals surface area contributed by atoms with Gasteiger partial charge in [0, 0.05) is 18.8 Å². The quantitative estimate of drug-likeness (QED) is 0.448. The molecule has 1 aliphatic rings. The van der Waals surface area contributed by atoms with Gasteiger partial charge in [0.15, 0.2) is 5.16 Å². The average molecular weight is 400 g/mol. The Balaban J connectivity index is 1.52. The van der Waals surface area contributed by atoms with E-state index in [0.29, 0.717) is 42.4 Å². The van der Waals surface area contributed by atoms with Crippen molar-refractivity contribution in [1.29, 1.82) is 0 Å². The predicted molar refractivity (Wildman–Crippen MR) is 107 cm³/mol. The van der Waals surface area contributed by atoms with E-state index in [2.05, 4.69) is 15.1 Å². The fourth-order valence-electron chi connectivity index (χ4n) is 2.97. The van der Waals surface area contributed by atoms with Crippen molar-refractivity contribution in [2.24, 2.45) is 0 Å². The highest BCUT2D eigenvalue weighted by molar-refractivity contribution is 7.99. The molecule has 146 valence electrons. The lowest BCUT2D eigenvalue weighted by atomic mass is 10.3. The minimum atomic E-state index is -0.289. The molecule has 28 heavy (non-hydrogen) atoms. The molecule has 2 aromatic carbocycles. The summed E-state index contributed by atoms with van der Waals surface area (Å²) in [5.41, 5.74) is 0.706. The van der Waals surface area contributed by atoms with Gasteiger partial charge < -0.3 is 14.4 Å². The Morgan fingerprint density at radius 3 is 2.64 bits per heavy atom. The van der Waals surface area contributed by atoms with Gasteiger partial charge in [-0.25, -0.2) is 4.39 Å². The molecular formula is C20H21FN4O2S. The van der Waals surface area contributed by atoms with Crippen LogP contribution in [0.1, 0.15) is 0 Å². The van der Waals surface area contributed by atoms with Gasteiger partial charge in [-0.2, -0.15) is 0 Å². The van der Waals surface area contributed by atoms with E-state index in [1.165, 1.54) is 23.9 Å². The van der Waals surface area contributed by atoms with Gasteiger partial charge in [-0.15, -0.1) is 10.2 Å². The normalized spacial score (nSPS) is 14.2. The number of para-hydroxylation sites is 1. The number of hydrogen-bond donors (Lipinski definition) is 0. The third kappa shape index (κ3) is 4.45. The zero-order valence-corrected chi connectivity index (χ0v) is 16.1. The lowest BCUT2D eigenvalue weighted by Gasteiger charge is -2.27. The van der Waals surface area contributed by atoms with Gasteiger partial charge in [0.2, 0.25) is 5.95 Å². The first-order valence-corrected chi connectivity index (χ1v) is 10.1. The summed E-state index contributed by atoms with van der Waals surface area (Å²) in [6, 6.07) is 16.2. The third-order valence-corrected chi connectivity index (χ3v) is 5.20. The Morgan fingerprint density at radius 2 is 1.86 bits per heavy atom. The summed E-state index contributed by atoms with van der Waals surface area (Å²) < 4.78 is 26.9. The van der Waals surface area contributed by atoms with Gasteiger partial charge in [0.1, 0.15) is 11.6 Å². The van der Waals surface area contributed by atoms with Crippen molar-refractivity contribution in [2.75, 3.05) is 43.6 Å². The summed E-state index contributed by atoms with van der Waals surface area (Å²) in [7, 11) is 0. The van der Waals surface area contributed by atoms with Crippen molar-refractivity contribution in [3.63, 3.8) is 0 Å². The fourth-order valence-corrected chi connectivity index (χ4v) is 3.74. The van der Waals surface area contributed by atoms with E-state index in [1.807, 2.05) is 41.0 Å². The van der Waals surface area contributed by atoms with Crippen LogP contribution < -0.4 is 9.64 Å². The summed E-state index contributed by atoms with van der Waals surface area (Å²) in [4.78, 5) is 2.12. The Morgan fingerprint density at radius 1 is 1.04 bits per heavy atom. The van der Waals surface area contributed by atoms with Crippen molar-refractivity contribution in [1.82, 2.24) is 14.8 Å². The summed E-state index contributed by atoms with van der Waals surface area (Å²) in [6.07, 6.45) is 0. The van der Waals surface area contributed by atoms with Gasteiger partial charge in [0.05, 0.1) is 25.5 Å². The topological polar surface area (TPSA) is 52.4 Å². The molecule has 6 nitrogen and oxygen atoms in total. The molecule has 1 saturated heterocycles. The highest BCUT2D eigenvalue weighted by atomic mass is 32.2. The first-order valence-electron chi connectivity index (χ1n) is 9.16. The minimum Gasteiger partial charge on any atom is -0.493 e. The molecule has 1 aliphatic heterocycles. The van der Waals surface area contributed by atoms with Crippen LogP contribution >= 0.6 is 11.8 Å². The first-order chi connectivity index (χ1) is 13.8. The fraction of sp³-hybridized carbons (Fsp3) is 0.300. The number of thioether (sulfide) groups is 1. The molecule has 0 spiro atoms. The van der Waals surface area contributed by atoms with E-state index in [1.54, 1.807) is 6.07 Å². The minimum absolute atomic E-state index is 0.289. The molecule has 8 heteroatoms. The second-order valence-corrected chi connectivity index (χ2v) is 7.27. The van der Waals surface area contributed by atoms with Gasteiger partial charge in [0.25, 0.3) is 0 Å². The maximum Gasteiger partial charge on any atom is 0.232 e. The Kier molecular flexibility index (Phi) is 6.08. The zero-order valence-electron chi connectivity index (χ0n) is 15.3. The maximum absolute atomic E-state index is 13.8. The van der Waals surface area contributed by atoms with Gasteiger partial charge >= 0.3 is 0 Å². The summed E-state index contributed by atoms with van der Waals surface area (Å²) in [5, 5.41) is 9.45. The van der Waals surface area contributed by atoms with Crippen LogP contribution in [0.15, 0.2) is 59.8 Å². The van der Waals surface area contributed by atoms with Crippen LogP contribution in [0.2, 0.25) is 0 Å². The monoisotopic (exact) mass is 400 g/mol. The molecule has 0 N–H and O–H groups in total. The molecule has 0 aliphatic carbocycles. The van der Waals surface area contributed by atoms with Gasteiger partial charge in [-0.3, -0.25) is 4.57 Å². The Hall–Kier alpha value is -2.58. The van der Waals surface area contributed by atoms with Crippen molar-refractivity contribution in [3.05, 3.63) is 60.4 Å². The largest absolute Gasteiger partial charge is 0.493 e. The maximum atomic E-state index is 13.8. The van der Waals surface area contributed by atoms with Crippen LogP contribution in [-0.4, -0.2) is 53.4 Å². The summed E-state index contributed by atoms with van der Waals surface area (Å²) in [6.45, 7) is 3.29. The van der Waals surface area contributed by atoms with Crippen LogP contribution in [0.25, 0.3) is 5.69 Å². The van der Waals surface area contributed by atoms with Crippen molar-refractivity contribution in [2.45, 2.75) is 5.16 Å². The number of rotatable bonds is 7. The number of benzene rings is 2. The number of morpholine rings is 1. The van der Waals surface area contributed by atoms with E-state index < -0.39 is 0 Å². The predicted octanol–water partition coefficient (Wildman–Crippen LogP) is 3.41. The van der Waals surface area contributed by atoms with Crippen LogP contribution in [0, 0.1) is 5.82 Å². The number of hydrogen-bond acceptors (Lipinski definition) is 6. The zero-order chi connectivity index (χ0) is 19.2. The van der Waals surface area contributed by atoms with Crippen LogP contribution in [0.5, 0.6) is 5.75 Å². The number of nitrogens with zero attached hydrogens (tertiary/aromatic N) is 4. The van der Waals surface area contributed by atoms with Crippen LogP contribution in [0.4, 0.5) is 10.3 Å². The molecule has 4 rings (SSSR count). The smallest absolute Gasteiger partial charge is 0.232 e. The number of anilines is 1. The van der Waals surface area contributed by atoms with Gasteiger partial charge in [-0.05, 0) is 30.3 Å². The molecular weight excluding hydrogens is 379 g/mol. The highest BCUT2D eigenvalue weighted by Gasteiger charge is 2.22. The first kappa shape index (κ1) is 18.8. The summed E-state index contributed by atoms with van der Waals surface area (Å²) in [5.74, 6) is 1.96. The second-order valence-electron chi connectivity index (χ2n) is 6.21. The van der Waals surface area contributed by atoms with Crippen molar-refractivity contribution >= 4 is 17.7 Å². The number of ether oxygens (including phenoxy) is 2. The SMILES string of the molecule is Fc1cccc(-n2c(SCCOc3ccccc3)nnc2N2CCOCC2)c1.